The average Bonchev–Trinajstić information content (AvgIpc) is 2.04. The summed E-state index contributed by atoms with van der Waals surface area (Å²) in [7, 11) is 1.82. The molecule has 0 amide bonds. The quantitative estimate of drug-likeness (QED) is 0.541. The molecule has 0 saturated carbocycles. The van der Waals surface area contributed by atoms with Gasteiger partial charge < -0.3 is 0 Å². The van der Waals surface area contributed by atoms with Crippen LogP contribution in [0.25, 0.3) is 0 Å². The molecule has 0 heterocycles. The van der Waals surface area contributed by atoms with E-state index in [0.29, 0.717) is 0 Å². The van der Waals surface area contributed by atoms with Crippen molar-refractivity contribution in [1.82, 2.24) is 0 Å². The van der Waals surface area contributed by atoms with Gasteiger partial charge in [0, 0.05) is 12.8 Å². The van der Waals surface area contributed by atoms with Crippen LogP contribution in [0.15, 0.2) is 29.3 Å². The van der Waals surface area contributed by atoms with E-state index in [1.165, 1.54) is 11.1 Å². The Morgan fingerprint density at radius 2 is 1.91 bits per heavy atom. The Balaban J connectivity index is 3.14. The third kappa shape index (κ3) is 1.67. The van der Waals surface area contributed by atoms with E-state index in [-0.39, 0.29) is 0 Å². The molecule has 58 valence electrons. The first-order chi connectivity index (χ1) is 5.25. The molecule has 0 N–H and O–H groups in total. The summed E-state index contributed by atoms with van der Waals surface area (Å²) in [5.41, 5.74) is 3.63. The summed E-state index contributed by atoms with van der Waals surface area (Å²) in [6.45, 7) is 4.13. The third-order valence-electron chi connectivity index (χ3n) is 1.87. The second-order valence-corrected chi connectivity index (χ2v) is 2.62. The molecule has 0 atom stereocenters. The molecule has 1 rings (SSSR count). The molecular formula is C10H13N. The molecule has 11 heavy (non-hydrogen) atoms. The van der Waals surface area contributed by atoms with Gasteiger partial charge in [0.1, 0.15) is 0 Å². The summed E-state index contributed by atoms with van der Waals surface area (Å²) in [4.78, 5) is 4.14. The molecule has 0 bridgehead atoms. The van der Waals surface area contributed by atoms with Crippen LogP contribution in [0.3, 0.4) is 0 Å². The van der Waals surface area contributed by atoms with Gasteiger partial charge in [0.15, 0.2) is 0 Å². The molecule has 1 aromatic rings. The summed E-state index contributed by atoms with van der Waals surface area (Å²) in [5.74, 6) is 0. The molecule has 1 nitrogen and oxygen atoms in total. The molecule has 1 aromatic carbocycles. The Hall–Kier alpha value is -1.11. The van der Waals surface area contributed by atoms with Crippen molar-refractivity contribution in [2.24, 2.45) is 4.99 Å². The van der Waals surface area contributed by atoms with Gasteiger partial charge in [0.2, 0.25) is 0 Å². The second kappa shape index (κ2) is 3.33. The van der Waals surface area contributed by atoms with Crippen molar-refractivity contribution in [1.29, 1.82) is 0 Å². The maximum atomic E-state index is 4.14. The largest absolute Gasteiger partial charge is 0.293 e. The number of rotatable bonds is 1. The first kappa shape index (κ1) is 7.99. The highest BCUT2D eigenvalue weighted by Gasteiger charge is 1.97. The lowest BCUT2D eigenvalue weighted by Gasteiger charge is -2.02. The molecule has 0 aromatic heterocycles. The number of aliphatic imine (C=N–C) groups is 1. The second-order valence-electron chi connectivity index (χ2n) is 2.62. The van der Waals surface area contributed by atoms with Crippen LogP contribution in [0, 0.1) is 6.92 Å². The highest BCUT2D eigenvalue weighted by Crippen LogP contribution is 2.07. The molecule has 0 spiro atoms. The minimum atomic E-state index is 1.10. The van der Waals surface area contributed by atoms with Gasteiger partial charge in [-0.05, 0) is 25.0 Å². The fraction of sp³-hybridized carbons (Fsp3) is 0.300. The topological polar surface area (TPSA) is 12.4 Å². The Labute approximate surface area is 67.8 Å². The first-order valence-electron chi connectivity index (χ1n) is 3.75. The van der Waals surface area contributed by atoms with Gasteiger partial charge in [-0.25, -0.2) is 0 Å². The lowest BCUT2D eigenvalue weighted by molar-refractivity contribution is 1.37. The molecule has 0 unspecified atom stereocenters. The van der Waals surface area contributed by atoms with E-state index in [0.717, 1.165) is 5.71 Å². The zero-order valence-corrected chi connectivity index (χ0v) is 7.26. The van der Waals surface area contributed by atoms with Gasteiger partial charge in [-0.2, -0.15) is 0 Å². The highest BCUT2D eigenvalue weighted by atomic mass is 14.7. The number of aryl methyl sites for hydroxylation is 1. The van der Waals surface area contributed by atoms with Crippen LogP contribution in [0.1, 0.15) is 18.1 Å². The van der Waals surface area contributed by atoms with Crippen LogP contribution in [-0.4, -0.2) is 12.8 Å². The maximum Gasteiger partial charge on any atom is 0.0388 e. The van der Waals surface area contributed by atoms with Crippen LogP contribution in [0.2, 0.25) is 0 Å². The van der Waals surface area contributed by atoms with E-state index in [1.54, 1.807) is 0 Å². The molecule has 0 fully saturated rings. The van der Waals surface area contributed by atoms with Crippen molar-refractivity contribution >= 4 is 5.71 Å². The van der Waals surface area contributed by atoms with Crippen LogP contribution >= 0.6 is 0 Å². The Kier molecular flexibility index (Phi) is 2.42. The molecule has 0 saturated heterocycles. The molecular weight excluding hydrogens is 134 g/mol. The molecule has 0 aliphatic heterocycles. The molecule has 0 aliphatic rings. The zero-order valence-electron chi connectivity index (χ0n) is 7.26. The number of nitrogens with zero attached hydrogens (tertiary/aromatic N) is 1. The average molecular weight is 147 g/mol. The fourth-order valence-corrected chi connectivity index (χ4v) is 1.10. The van der Waals surface area contributed by atoms with E-state index >= 15 is 0 Å². The van der Waals surface area contributed by atoms with Crippen LogP contribution in [0.4, 0.5) is 0 Å². The lowest BCUT2D eigenvalue weighted by Crippen LogP contribution is -1.96. The van der Waals surface area contributed by atoms with Crippen molar-refractivity contribution in [3.8, 4) is 0 Å². The van der Waals surface area contributed by atoms with E-state index in [9.17, 15) is 0 Å². The maximum absolute atomic E-state index is 4.14. The minimum Gasteiger partial charge on any atom is -0.293 e. The summed E-state index contributed by atoms with van der Waals surface area (Å²) < 4.78 is 0. The van der Waals surface area contributed by atoms with E-state index in [1.807, 2.05) is 26.1 Å². The Morgan fingerprint density at radius 1 is 1.27 bits per heavy atom. The standard InChI is InChI=1S/C10H13N/c1-8-6-4-5-7-10(8)9(2)11-3/h4-7H,1-3H3. The van der Waals surface area contributed by atoms with Gasteiger partial charge >= 0.3 is 0 Å². The predicted molar refractivity (Wildman–Crippen MR) is 49.3 cm³/mol. The van der Waals surface area contributed by atoms with Crippen LogP contribution in [-0.2, 0) is 0 Å². The van der Waals surface area contributed by atoms with Crippen LogP contribution < -0.4 is 0 Å². The van der Waals surface area contributed by atoms with Crippen molar-refractivity contribution in [2.75, 3.05) is 7.05 Å². The van der Waals surface area contributed by atoms with Crippen molar-refractivity contribution in [2.45, 2.75) is 13.8 Å². The summed E-state index contributed by atoms with van der Waals surface area (Å²) in [5, 5.41) is 0. The van der Waals surface area contributed by atoms with Crippen molar-refractivity contribution < 1.29 is 0 Å². The number of hydrogen-bond acceptors (Lipinski definition) is 1. The van der Waals surface area contributed by atoms with Crippen molar-refractivity contribution in [3.05, 3.63) is 35.4 Å². The highest BCUT2D eigenvalue weighted by molar-refractivity contribution is 5.99. The lowest BCUT2D eigenvalue weighted by atomic mass is 10.1. The van der Waals surface area contributed by atoms with Crippen LogP contribution in [0.5, 0.6) is 0 Å². The Bertz CT molecular complexity index is 274. The number of hydrogen-bond donors (Lipinski definition) is 0. The van der Waals surface area contributed by atoms with Gasteiger partial charge in [0.25, 0.3) is 0 Å². The smallest absolute Gasteiger partial charge is 0.0388 e. The predicted octanol–water partition coefficient (Wildman–Crippen LogP) is 2.43. The molecule has 0 aliphatic carbocycles. The summed E-state index contributed by atoms with van der Waals surface area (Å²) >= 11 is 0. The normalized spacial score (nSPS) is 11.7. The van der Waals surface area contributed by atoms with E-state index in [2.05, 4.69) is 24.0 Å². The van der Waals surface area contributed by atoms with Gasteiger partial charge in [0.05, 0.1) is 0 Å². The molecule has 0 radical (unpaired) electrons. The minimum absolute atomic E-state index is 1.10. The fourth-order valence-electron chi connectivity index (χ4n) is 1.10. The SMILES string of the molecule is CN=C(C)c1ccccc1C. The van der Waals surface area contributed by atoms with Gasteiger partial charge in [-0.3, -0.25) is 4.99 Å². The summed E-state index contributed by atoms with van der Waals surface area (Å²) in [6, 6.07) is 8.28. The van der Waals surface area contributed by atoms with E-state index in [4.69, 9.17) is 0 Å². The van der Waals surface area contributed by atoms with E-state index < -0.39 is 0 Å². The van der Waals surface area contributed by atoms with Gasteiger partial charge in [-0.1, -0.05) is 24.3 Å². The zero-order chi connectivity index (χ0) is 8.27. The Morgan fingerprint density at radius 3 is 2.45 bits per heavy atom. The monoisotopic (exact) mass is 147 g/mol. The molecule has 1 heteroatoms. The summed E-state index contributed by atoms with van der Waals surface area (Å²) in [6.07, 6.45) is 0. The van der Waals surface area contributed by atoms with Crippen molar-refractivity contribution in [3.63, 3.8) is 0 Å². The third-order valence-corrected chi connectivity index (χ3v) is 1.87. The first-order valence-corrected chi connectivity index (χ1v) is 3.75. The van der Waals surface area contributed by atoms with Gasteiger partial charge in [-0.15, -0.1) is 0 Å². The number of benzene rings is 1.